The van der Waals surface area contributed by atoms with E-state index in [1.807, 2.05) is 42.5 Å². The van der Waals surface area contributed by atoms with Crippen molar-refractivity contribution in [3.63, 3.8) is 0 Å². The van der Waals surface area contributed by atoms with Crippen molar-refractivity contribution in [1.29, 1.82) is 5.26 Å². The average molecular weight is 287 g/mol. The Balaban J connectivity index is 1.77. The van der Waals surface area contributed by atoms with E-state index >= 15 is 0 Å². The molecular formula is C19H13NO2. The van der Waals surface area contributed by atoms with Gasteiger partial charge in [-0.1, -0.05) is 48.5 Å². The molecule has 3 heteroatoms. The summed E-state index contributed by atoms with van der Waals surface area (Å²) >= 11 is 0. The van der Waals surface area contributed by atoms with Crippen LogP contribution in [0.4, 0.5) is 0 Å². The molecule has 22 heavy (non-hydrogen) atoms. The molecule has 0 aliphatic heterocycles. The molecule has 0 N–H and O–H groups in total. The molecular weight excluding hydrogens is 274 g/mol. The lowest BCUT2D eigenvalue weighted by atomic mass is 10.1. The number of fused-ring (bicyclic) bond motifs is 1. The highest BCUT2D eigenvalue weighted by atomic mass is 16.5. The molecule has 0 bridgehead atoms. The maximum atomic E-state index is 12.2. The minimum absolute atomic E-state index is 0.0927. The standard InChI is InChI=1S/C19H13NO2/c20-12-17-7-3-4-8-18(17)13-22-19(21)16-10-9-14-5-1-2-6-15(14)11-16/h1-11H,13H2. The Hall–Kier alpha value is -3.12. The van der Waals surface area contributed by atoms with Gasteiger partial charge in [0.25, 0.3) is 0 Å². The molecule has 0 atom stereocenters. The number of ether oxygens (including phenoxy) is 1. The van der Waals surface area contributed by atoms with Crippen LogP contribution < -0.4 is 0 Å². The first-order chi connectivity index (χ1) is 10.8. The summed E-state index contributed by atoms with van der Waals surface area (Å²) in [6, 6.07) is 22.5. The van der Waals surface area contributed by atoms with Crippen molar-refractivity contribution in [2.45, 2.75) is 6.61 Å². The van der Waals surface area contributed by atoms with Gasteiger partial charge in [-0.3, -0.25) is 0 Å². The maximum Gasteiger partial charge on any atom is 0.338 e. The molecule has 0 aliphatic carbocycles. The van der Waals surface area contributed by atoms with Crippen molar-refractivity contribution < 1.29 is 9.53 Å². The second-order valence-corrected chi connectivity index (χ2v) is 4.91. The summed E-state index contributed by atoms with van der Waals surface area (Å²) in [5.74, 6) is -0.390. The number of nitrogens with zero attached hydrogens (tertiary/aromatic N) is 1. The van der Waals surface area contributed by atoms with E-state index in [1.54, 1.807) is 24.3 Å². The van der Waals surface area contributed by atoms with Gasteiger partial charge in [-0.2, -0.15) is 5.26 Å². The van der Waals surface area contributed by atoms with Crippen molar-refractivity contribution >= 4 is 16.7 Å². The van der Waals surface area contributed by atoms with Gasteiger partial charge in [0.2, 0.25) is 0 Å². The predicted octanol–water partition coefficient (Wildman–Crippen LogP) is 4.07. The molecule has 0 saturated carbocycles. The van der Waals surface area contributed by atoms with Gasteiger partial charge in [0, 0.05) is 5.56 Å². The molecule has 3 aromatic rings. The lowest BCUT2D eigenvalue weighted by Crippen LogP contribution is -2.06. The van der Waals surface area contributed by atoms with Crippen LogP contribution in [0.25, 0.3) is 10.8 Å². The molecule has 0 saturated heterocycles. The summed E-state index contributed by atoms with van der Waals surface area (Å²) in [4.78, 5) is 12.2. The van der Waals surface area contributed by atoms with Gasteiger partial charge < -0.3 is 4.74 Å². The molecule has 3 nitrogen and oxygen atoms in total. The van der Waals surface area contributed by atoms with Crippen molar-refractivity contribution in [2.24, 2.45) is 0 Å². The van der Waals surface area contributed by atoms with E-state index in [-0.39, 0.29) is 6.61 Å². The Kier molecular flexibility index (Phi) is 3.84. The molecule has 0 radical (unpaired) electrons. The number of nitriles is 1. The first kappa shape index (κ1) is 13.8. The topological polar surface area (TPSA) is 50.1 Å². The van der Waals surface area contributed by atoms with Crippen LogP contribution >= 0.6 is 0 Å². The highest BCUT2D eigenvalue weighted by Gasteiger charge is 2.09. The number of carbonyl (C=O) groups is 1. The molecule has 106 valence electrons. The molecule has 0 aliphatic rings. The van der Waals surface area contributed by atoms with E-state index in [0.29, 0.717) is 16.7 Å². The van der Waals surface area contributed by atoms with Crippen molar-refractivity contribution in [1.82, 2.24) is 0 Å². The minimum atomic E-state index is -0.390. The van der Waals surface area contributed by atoms with E-state index in [1.165, 1.54) is 0 Å². The normalized spacial score (nSPS) is 10.1. The van der Waals surface area contributed by atoms with E-state index in [4.69, 9.17) is 10.00 Å². The van der Waals surface area contributed by atoms with E-state index in [0.717, 1.165) is 10.8 Å². The van der Waals surface area contributed by atoms with Crippen LogP contribution in [0, 0.1) is 11.3 Å². The third-order valence-corrected chi connectivity index (χ3v) is 3.48. The van der Waals surface area contributed by atoms with Crippen molar-refractivity contribution in [3.05, 3.63) is 83.4 Å². The second-order valence-electron chi connectivity index (χ2n) is 4.91. The lowest BCUT2D eigenvalue weighted by molar-refractivity contribution is 0.0472. The van der Waals surface area contributed by atoms with Crippen LogP contribution in [-0.2, 0) is 11.3 Å². The van der Waals surface area contributed by atoms with Crippen molar-refractivity contribution in [2.75, 3.05) is 0 Å². The molecule has 0 fully saturated rings. The highest BCUT2D eigenvalue weighted by molar-refractivity contribution is 5.95. The van der Waals surface area contributed by atoms with Gasteiger partial charge in [0.1, 0.15) is 6.61 Å². The van der Waals surface area contributed by atoms with Crippen LogP contribution in [0.15, 0.2) is 66.7 Å². The quantitative estimate of drug-likeness (QED) is 0.682. The molecule has 0 aromatic heterocycles. The predicted molar refractivity (Wildman–Crippen MR) is 84.2 cm³/mol. The van der Waals surface area contributed by atoms with E-state index in [9.17, 15) is 4.79 Å². The second kappa shape index (κ2) is 6.11. The first-order valence-corrected chi connectivity index (χ1v) is 6.92. The zero-order valence-electron chi connectivity index (χ0n) is 11.8. The number of rotatable bonds is 3. The monoisotopic (exact) mass is 287 g/mol. The minimum Gasteiger partial charge on any atom is -0.457 e. The highest BCUT2D eigenvalue weighted by Crippen LogP contribution is 2.17. The zero-order valence-corrected chi connectivity index (χ0v) is 11.8. The molecule has 0 amide bonds. The van der Waals surface area contributed by atoms with Crippen molar-refractivity contribution in [3.8, 4) is 6.07 Å². The van der Waals surface area contributed by atoms with Crippen LogP contribution in [0.1, 0.15) is 21.5 Å². The van der Waals surface area contributed by atoms with E-state index in [2.05, 4.69) is 6.07 Å². The Bertz CT molecular complexity index is 878. The Morgan fingerprint density at radius 2 is 1.68 bits per heavy atom. The van der Waals surface area contributed by atoms with Gasteiger partial charge in [0.15, 0.2) is 0 Å². The average Bonchev–Trinajstić information content (AvgIpc) is 2.59. The van der Waals surface area contributed by atoms with Gasteiger partial charge in [-0.15, -0.1) is 0 Å². The van der Waals surface area contributed by atoms with Gasteiger partial charge >= 0.3 is 5.97 Å². The summed E-state index contributed by atoms with van der Waals surface area (Å²) in [6.07, 6.45) is 0. The van der Waals surface area contributed by atoms with Gasteiger partial charge in [-0.05, 0) is 29.0 Å². The Labute approximate surface area is 128 Å². The van der Waals surface area contributed by atoms with Gasteiger partial charge in [0.05, 0.1) is 17.2 Å². The van der Waals surface area contributed by atoms with Crippen LogP contribution in [0.2, 0.25) is 0 Å². The SMILES string of the molecule is N#Cc1ccccc1COC(=O)c1ccc2ccccc2c1. The lowest BCUT2D eigenvalue weighted by Gasteiger charge is -2.07. The van der Waals surface area contributed by atoms with Crippen LogP contribution in [-0.4, -0.2) is 5.97 Å². The fourth-order valence-electron chi connectivity index (χ4n) is 2.30. The number of hydrogen-bond donors (Lipinski definition) is 0. The summed E-state index contributed by atoms with van der Waals surface area (Å²) in [5.41, 5.74) is 1.74. The molecule has 0 heterocycles. The largest absolute Gasteiger partial charge is 0.457 e. The molecule has 3 aromatic carbocycles. The number of esters is 1. The number of hydrogen-bond acceptors (Lipinski definition) is 3. The summed E-state index contributed by atoms with van der Waals surface area (Å²) in [7, 11) is 0. The zero-order chi connectivity index (χ0) is 15.4. The summed E-state index contributed by atoms with van der Waals surface area (Å²) in [5, 5.41) is 11.1. The Morgan fingerprint density at radius 1 is 0.955 bits per heavy atom. The van der Waals surface area contributed by atoms with Crippen LogP contribution in [0.5, 0.6) is 0 Å². The third-order valence-electron chi connectivity index (χ3n) is 3.48. The fraction of sp³-hybridized carbons (Fsp3) is 0.0526. The number of carbonyl (C=O) groups excluding carboxylic acids is 1. The smallest absolute Gasteiger partial charge is 0.338 e. The Morgan fingerprint density at radius 3 is 2.50 bits per heavy atom. The molecule has 3 rings (SSSR count). The first-order valence-electron chi connectivity index (χ1n) is 6.92. The molecule has 0 spiro atoms. The molecule has 0 unspecified atom stereocenters. The van der Waals surface area contributed by atoms with E-state index < -0.39 is 5.97 Å². The summed E-state index contributed by atoms with van der Waals surface area (Å²) < 4.78 is 5.32. The fourth-order valence-corrected chi connectivity index (χ4v) is 2.30. The van der Waals surface area contributed by atoms with Crippen LogP contribution in [0.3, 0.4) is 0 Å². The summed E-state index contributed by atoms with van der Waals surface area (Å²) in [6.45, 7) is 0.0927. The number of benzene rings is 3. The maximum absolute atomic E-state index is 12.2. The third kappa shape index (κ3) is 2.82. The van der Waals surface area contributed by atoms with Gasteiger partial charge in [-0.25, -0.2) is 4.79 Å².